The van der Waals surface area contributed by atoms with Crippen molar-refractivity contribution in [1.29, 1.82) is 0 Å². The minimum atomic E-state index is -0.236. The summed E-state index contributed by atoms with van der Waals surface area (Å²) in [5.74, 6) is -0.361. The number of benzene rings is 2. The van der Waals surface area contributed by atoms with Crippen molar-refractivity contribution in [3.63, 3.8) is 0 Å². The van der Waals surface area contributed by atoms with Gasteiger partial charge < -0.3 is 10.2 Å². The van der Waals surface area contributed by atoms with Crippen molar-refractivity contribution in [2.45, 2.75) is 20.4 Å². The fourth-order valence-corrected chi connectivity index (χ4v) is 2.64. The molecule has 0 radical (unpaired) electrons. The number of carbonyl (C=O) groups is 2. The van der Waals surface area contributed by atoms with E-state index in [1.54, 1.807) is 23.1 Å². The summed E-state index contributed by atoms with van der Waals surface area (Å²) in [6, 6.07) is 14.7. The molecule has 0 aliphatic rings. The van der Waals surface area contributed by atoms with Gasteiger partial charge in [-0.05, 0) is 43.2 Å². The molecule has 2 rings (SSSR count). The lowest BCUT2D eigenvalue weighted by atomic mass is 10.1. The van der Waals surface area contributed by atoms with E-state index >= 15 is 0 Å². The van der Waals surface area contributed by atoms with Crippen LogP contribution >= 0.6 is 11.6 Å². The molecule has 0 aliphatic heterocycles. The van der Waals surface area contributed by atoms with Gasteiger partial charge in [0.2, 0.25) is 5.91 Å². The van der Waals surface area contributed by atoms with Crippen LogP contribution < -0.4 is 5.32 Å². The van der Waals surface area contributed by atoms with Gasteiger partial charge in [0.05, 0.1) is 6.54 Å². The van der Waals surface area contributed by atoms with Crippen molar-refractivity contribution >= 4 is 23.4 Å². The first-order valence-corrected chi connectivity index (χ1v) is 8.25. The molecule has 0 heterocycles. The zero-order chi connectivity index (χ0) is 17.5. The summed E-state index contributed by atoms with van der Waals surface area (Å²) in [7, 11) is 0. The molecule has 2 aromatic carbocycles. The quantitative estimate of drug-likeness (QED) is 0.872. The highest BCUT2D eigenvalue weighted by atomic mass is 35.5. The Kier molecular flexibility index (Phi) is 6.38. The standard InChI is InChI=1S/C19H21ClN2O2/c1-3-22(13-15-8-6-9-16(20)11-15)18(23)12-21-19(24)17-10-5-4-7-14(17)2/h4-11H,3,12-13H2,1-2H3,(H,21,24). The lowest BCUT2D eigenvalue weighted by Crippen LogP contribution is -2.39. The summed E-state index contributed by atoms with van der Waals surface area (Å²) in [6.07, 6.45) is 0. The SMILES string of the molecule is CCN(Cc1cccc(Cl)c1)C(=O)CNC(=O)c1ccccc1C. The summed E-state index contributed by atoms with van der Waals surface area (Å²) < 4.78 is 0. The topological polar surface area (TPSA) is 49.4 Å². The third-order valence-corrected chi connectivity index (χ3v) is 4.02. The molecule has 0 aliphatic carbocycles. The number of nitrogens with zero attached hydrogens (tertiary/aromatic N) is 1. The van der Waals surface area contributed by atoms with Crippen molar-refractivity contribution in [2.75, 3.05) is 13.1 Å². The van der Waals surface area contributed by atoms with Crippen LogP contribution in [0.25, 0.3) is 0 Å². The smallest absolute Gasteiger partial charge is 0.251 e. The molecule has 0 saturated heterocycles. The zero-order valence-corrected chi connectivity index (χ0v) is 14.6. The second-order valence-corrected chi connectivity index (χ2v) is 5.97. The van der Waals surface area contributed by atoms with Gasteiger partial charge in [0.15, 0.2) is 0 Å². The van der Waals surface area contributed by atoms with Crippen LogP contribution in [-0.4, -0.2) is 29.8 Å². The van der Waals surface area contributed by atoms with Crippen LogP contribution in [0, 0.1) is 6.92 Å². The molecule has 24 heavy (non-hydrogen) atoms. The maximum absolute atomic E-state index is 12.4. The van der Waals surface area contributed by atoms with E-state index in [0.717, 1.165) is 11.1 Å². The molecule has 2 aromatic rings. The summed E-state index contributed by atoms with van der Waals surface area (Å²) in [5, 5.41) is 3.34. The van der Waals surface area contributed by atoms with Crippen LogP contribution in [0.1, 0.15) is 28.4 Å². The summed E-state index contributed by atoms with van der Waals surface area (Å²) in [4.78, 5) is 26.2. The maximum Gasteiger partial charge on any atom is 0.251 e. The Bertz CT molecular complexity index is 731. The number of halogens is 1. The second kappa shape index (κ2) is 8.50. The molecule has 0 atom stereocenters. The van der Waals surface area contributed by atoms with E-state index in [2.05, 4.69) is 5.32 Å². The lowest BCUT2D eigenvalue weighted by Gasteiger charge is -2.21. The predicted molar refractivity (Wildman–Crippen MR) is 96.1 cm³/mol. The van der Waals surface area contributed by atoms with E-state index in [0.29, 0.717) is 23.7 Å². The summed E-state index contributed by atoms with van der Waals surface area (Å²) in [5.41, 5.74) is 2.43. The molecular formula is C19H21ClN2O2. The lowest BCUT2D eigenvalue weighted by molar-refractivity contribution is -0.130. The van der Waals surface area contributed by atoms with Crippen LogP contribution in [0.2, 0.25) is 5.02 Å². The van der Waals surface area contributed by atoms with E-state index < -0.39 is 0 Å². The second-order valence-electron chi connectivity index (χ2n) is 5.54. The van der Waals surface area contributed by atoms with Gasteiger partial charge in [-0.25, -0.2) is 0 Å². The molecule has 4 nitrogen and oxygen atoms in total. The van der Waals surface area contributed by atoms with E-state index in [4.69, 9.17) is 11.6 Å². The molecule has 0 fully saturated rings. The largest absolute Gasteiger partial charge is 0.343 e. The monoisotopic (exact) mass is 344 g/mol. The molecule has 0 bridgehead atoms. The minimum absolute atomic E-state index is 0.0262. The molecule has 0 aromatic heterocycles. The Morgan fingerprint density at radius 1 is 1.12 bits per heavy atom. The molecular weight excluding hydrogens is 324 g/mol. The fraction of sp³-hybridized carbons (Fsp3) is 0.263. The molecule has 0 spiro atoms. The summed E-state index contributed by atoms with van der Waals surface area (Å²) >= 11 is 5.98. The zero-order valence-electron chi connectivity index (χ0n) is 13.9. The minimum Gasteiger partial charge on any atom is -0.343 e. The number of likely N-dealkylation sites (N-methyl/N-ethyl adjacent to an activating group) is 1. The number of amides is 2. The highest BCUT2D eigenvalue weighted by Gasteiger charge is 2.15. The van der Waals surface area contributed by atoms with Gasteiger partial charge >= 0.3 is 0 Å². The molecule has 1 N–H and O–H groups in total. The van der Waals surface area contributed by atoms with Crippen molar-refractivity contribution < 1.29 is 9.59 Å². The van der Waals surface area contributed by atoms with Crippen LogP contribution in [-0.2, 0) is 11.3 Å². The molecule has 0 saturated carbocycles. The first-order valence-electron chi connectivity index (χ1n) is 7.87. The van der Waals surface area contributed by atoms with Crippen molar-refractivity contribution in [3.8, 4) is 0 Å². The Hall–Kier alpha value is -2.33. The first kappa shape index (κ1) is 18.0. The highest BCUT2D eigenvalue weighted by Crippen LogP contribution is 2.13. The number of nitrogens with one attached hydrogen (secondary N) is 1. The van der Waals surface area contributed by atoms with Gasteiger partial charge in [-0.1, -0.05) is 41.9 Å². The number of carbonyl (C=O) groups excluding carboxylic acids is 2. The van der Waals surface area contributed by atoms with Crippen LogP contribution in [0.4, 0.5) is 0 Å². The Morgan fingerprint density at radius 3 is 2.54 bits per heavy atom. The summed E-state index contributed by atoms with van der Waals surface area (Å²) in [6.45, 7) is 4.78. The average Bonchev–Trinajstić information content (AvgIpc) is 2.57. The molecule has 2 amide bonds. The number of hydrogen-bond donors (Lipinski definition) is 1. The van der Waals surface area contributed by atoms with Crippen molar-refractivity contribution in [3.05, 3.63) is 70.2 Å². The Balaban J connectivity index is 1.95. The Morgan fingerprint density at radius 2 is 1.88 bits per heavy atom. The molecule has 5 heteroatoms. The molecule has 126 valence electrons. The van der Waals surface area contributed by atoms with Crippen LogP contribution in [0.5, 0.6) is 0 Å². The van der Waals surface area contributed by atoms with Gasteiger partial charge in [-0.3, -0.25) is 9.59 Å². The van der Waals surface area contributed by atoms with Crippen LogP contribution in [0.3, 0.4) is 0 Å². The van der Waals surface area contributed by atoms with E-state index in [1.165, 1.54) is 0 Å². The van der Waals surface area contributed by atoms with Crippen LogP contribution in [0.15, 0.2) is 48.5 Å². The van der Waals surface area contributed by atoms with Gasteiger partial charge in [0, 0.05) is 23.7 Å². The van der Waals surface area contributed by atoms with Crippen molar-refractivity contribution in [1.82, 2.24) is 10.2 Å². The van der Waals surface area contributed by atoms with E-state index in [1.807, 2.05) is 44.2 Å². The van der Waals surface area contributed by atoms with Gasteiger partial charge in [0.1, 0.15) is 0 Å². The van der Waals surface area contributed by atoms with Gasteiger partial charge in [-0.15, -0.1) is 0 Å². The molecule has 0 unspecified atom stereocenters. The third-order valence-electron chi connectivity index (χ3n) is 3.79. The number of hydrogen-bond acceptors (Lipinski definition) is 2. The first-order chi connectivity index (χ1) is 11.5. The number of rotatable bonds is 6. The average molecular weight is 345 g/mol. The van der Waals surface area contributed by atoms with Gasteiger partial charge in [-0.2, -0.15) is 0 Å². The maximum atomic E-state index is 12.4. The number of aryl methyl sites for hydroxylation is 1. The third kappa shape index (κ3) is 4.83. The highest BCUT2D eigenvalue weighted by molar-refractivity contribution is 6.30. The van der Waals surface area contributed by atoms with Gasteiger partial charge in [0.25, 0.3) is 5.91 Å². The normalized spacial score (nSPS) is 10.3. The van der Waals surface area contributed by atoms with E-state index in [-0.39, 0.29) is 18.4 Å². The van der Waals surface area contributed by atoms with Crippen molar-refractivity contribution in [2.24, 2.45) is 0 Å². The fourth-order valence-electron chi connectivity index (χ4n) is 2.42. The van der Waals surface area contributed by atoms with E-state index in [9.17, 15) is 9.59 Å². The predicted octanol–water partition coefficient (Wildman–Crippen LogP) is 3.43. The Labute approximate surface area is 147 Å².